The van der Waals surface area contributed by atoms with Crippen LogP contribution in [0.15, 0.2) is 0 Å². The SMILES string of the molecule is C1CC(CNCCOCC2CC2)CCN1. The molecule has 2 fully saturated rings. The van der Waals surface area contributed by atoms with E-state index in [0.29, 0.717) is 0 Å². The smallest absolute Gasteiger partial charge is 0.0591 e. The highest BCUT2D eigenvalue weighted by molar-refractivity contribution is 4.72. The van der Waals surface area contributed by atoms with E-state index >= 15 is 0 Å². The lowest BCUT2D eigenvalue weighted by Crippen LogP contribution is -2.34. The van der Waals surface area contributed by atoms with Crippen molar-refractivity contribution in [3.8, 4) is 0 Å². The van der Waals surface area contributed by atoms with E-state index in [-0.39, 0.29) is 0 Å². The topological polar surface area (TPSA) is 33.3 Å². The molecule has 0 unspecified atom stereocenters. The van der Waals surface area contributed by atoms with Gasteiger partial charge >= 0.3 is 0 Å². The van der Waals surface area contributed by atoms with Gasteiger partial charge in [-0.2, -0.15) is 0 Å². The molecule has 15 heavy (non-hydrogen) atoms. The molecule has 2 aliphatic rings. The molecule has 0 aromatic heterocycles. The lowest BCUT2D eigenvalue weighted by atomic mass is 9.98. The van der Waals surface area contributed by atoms with Gasteiger partial charge in [-0.1, -0.05) is 0 Å². The third kappa shape index (κ3) is 4.96. The number of hydrogen-bond acceptors (Lipinski definition) is 3. The van der Waals surface area contributed by atoms with E-state index in [1.807, 2.05) is 0 Å². The molecule has 0 spiro atoms. The average Bonchev–Trinajstić information content (AvgIpc) is 3.09. The summed E-state index contributed by atoms with van der Waals surface area (Å²) in [6.45, 7) is 6.48. The Balaban J connectivity index is 1.37. The first-order chi connectivity index (χ1) is 7.45. The Morgan fingerprint density at radius 2 is 1.87 bits per heavy atom. The minimum Gasteiger partial charge on any atom is -0.380 e. The molecule has 88 valence electrons. The largest absolute Gasteiger partial charge is 0.380 e. The van der Waals surface area contributed by atoms with Gasteiger partial charge in [0.25, 0.3) is 0 Å². The van der Waals surface area contributed by atoms with Crippen molar-refractivity contribution in [3.05, 3.63) is 0 Å². The van der Waals surface area contributed by atoms with Crippen molar-refractivity contribution in [1.82, 2.24) is 10.6 Å². The molecule has 0 atom stereocenters. The Bertz CT molecular complexity index is 165. The van der Waals surface area contributed by atoms with Gasteiger partial charge in [0.2, 0.25) is 0 Å². The van der Waals surface area contributed by atoms with E-state index in [0.717, 1.165) is 31.6 Å². The second-order valence-electron chi connectivity index (χ2n) is 4.92. The molecule has 2 rings (SSSR count). The van der Waals surface area contributed by atoms with Crippen LogP contribution < -0.4 is 10.6 Å². The zero-order valence-corrected chi connectivity index (χ0v) is 9.63. The number of piperidine rings is 1. The Morgan fingerprint density at radius 3 is 2.60 bits per heavy atom. The van der Waals surface area contributed by atoms with E-state index in [1.54, 1.807) is 0 Å². The van der Waals surface area contributed by atoms with Gasteiger partial charge in [0.05, 0.1) is 6.61 Å². The molecular formula is C12H24N2O. The van der Waals surface area contributed by atoms with Crippen LogP contribution in [-0.4, -0.2) is 39.4 Å². The van der Waals surface area contributed by atoms with E-state index in [9.17, 15) is 0 Å². The summed E-state index contributed by atoms with van der Waals surface area (Å²) in [7, 11) is 0. The van der Waals surface area contributed by atoms with Crippen LogP contribution in [0.25, 0.3) is 0 Å². The molecule has 2 N–H and O–H groups in total. The van der Waals surface area contributed by atoms with Gasteiger partial charge in [0.1, 0.15) is 0 Å². The summed E-state index contributed by atoms with van der Waals surface area (Å²) in [5.74, 6) is 1.78. The van der Waals surface area contributed by atoms with Gasteiger partial charge in [-0.25, -0.2) is 0 Å². The molecule has 1 heterocycles. The Kier molecular flexibility index (Phi) is 4.90. The van der Waals surface area contributed by atoms with Crippen molar-refractivity contribution in [2.45, 2.75) is 25.7 Å². The van der Waals surface area contributed by atoms with Crippen LogP contribution in [0.2, 0.25) is 0 Å². The first kappa shape index (κ1) is 11.4. The number of ether oxygens (including phenoxy) is 1. The molecular weight excluding hydrogens is 188 g/mol. The molecule has 0 bridgehead atoms. The van der Waals surface area contributed by atoms with Gasteiger partial charge in [0.15, 0.2) is 0 Å². The Labute approximate surface area is 93.0 Å². The quantitative estimate of drug-likeness (QED) is 0.618. The maximum absolute atomic E-state index is 5.57. The number of rotatable bonds is 7. The van der Waals surface area contributed by atoms with Crippen LogP contribution in [0.3, 0.4) is 0 Å². The highest BCUT2D eigenvalue weighted by Crippen LogP contribution is 2.28. The summed E-state index contributed by atoms with van der Waals surface area (Å²) in [5.41, 5.74) is 0. The first-order valence-electron chi connectivity index (χ1n) is 6.44. The number of nitrogens with one attached hydrogen (secondary N) is 2. The van der Waals surface area contributed by atoms with Gasteiger partial charge in [-0.15, -0.1) is 0 Å². The molecule has 0 amide bonds. The minimum atomic E-state index is 0.884. The summed E-state index contributed by atoms with van der Waals surface area (Å²) < 4.78 is 5.57. The summed E-state index contributed by atoms with van der Waals surface area (Å²) >= 11 is 0. The van der Waals surface area contributed by atoms with Crippen LogP contribution in [0, 0.1) is 11.8 Å². The minimum absolute atomic E-state index is 0.884. The van der Waals surface area contributed by atoms with Crippen molar-refractivity contribution in [3.63, 3.8) is 0 Å². The Morgan fingerprint density at radius 1 is 1.07 bits per heavy atom. The monoisotopic (exact) mass is 212 g/mol. The van der Waals surface area contributed by atoms with E-state index in [4.69, 9.17) is 4.74 Å². The van der Waals surface area contributed by atoms with Gasteiger partial charge in [0, 0.05) is 13.2 Å². The van der Waals surface area contributed by atoms with Crippen LogP contribution in [-0.2, 0) is 4.74 Å². The first-order valence-corrected chi connectivity index (χ1v) is 6.44. The predicted molar refractivity (Wildman–Crippen MR) is 62.0 cm³/mol. The molecule has 1 saturated heterocycles. The third-order valence-electron chi connectivity index (χ3n) is 3.37. The summed E-state index contributed by atoms with van der Waals surface area (Å²) in [6, 6.07) is 0. The van der Waals surface area contributed by atoms with Crippen molar-refractivity contribution in [2.24, 2.45) is 11.8 Å². The second-order valence-corrected chi connectivity index (χ2v) is 4.92. The third-order valence-corrected chi connectivity index (χ3v) is 3.37. The summed E-state index contributed by atoms with van der Waals surface area (Å²) in [6.07, 6.45) is 5.44. The zero-order valence-electron chi connectivity index (χ0n) is 9.63. The van der Waals surface area contributed by atoms with Crippen LogP contribution in [0.5, 0.6) is 0 Å². The van der Waals surface area contributed by atoms with E-state index in [2.05, 4.69) is 10.6 Å². The van der Waals surface area contributed by atoms with Gasteiger partial charge in [-0.3, -0.25) is 0 Å². The van der Waals surface area contributed by atoms with Crippen molar-refractivity contribution < 1.29 is 4.74 Å². The fraction of sp³-hybridized carbons (Fsp3) is 1.00. The van der Waals surface area contributed by atoms with Crippen LogP contribution in [0.1, 0.15) is 25.7 Å². The molecule has 0 aromatic carbocycles. The molecule has 1 aliphatic heterocycles. The standard InChI is InChI=1S/C12H24N2O/c1-2-12(1)10-15-8-7-14-9-11-3-5-13-6-4-11/h11-14H,1-10H2. The van der Waals surface area contributed by atoms with Crippen LogP contribution in [0.4, 0.5) is 0 Å². The van der Waals surface area contributed by atoms with Gasteiger partial charge in [-0.05, 0) is 57.2 Å². The highest BCUT2D eigenvalue weighted by atomic mass is 16.5. The fourth-order valence-electron chi connectivity index (χ4n) is 2.07. The number of hydrogen-bond donors (Lipinski definition) is 2. The lowest BCUT2D eigenvalue weighted by molar-refractivity contribution is 0.125. The maximum Gasteiger partial charge on any atom is 0.0591 e. The zero-order chi connectivity index (χ0) is 10.3. The normalized spacial score (nSPS) is 23.2. The lowest BCUT2D eigenvalue weighted by Gasteiger charge is -2.22. The molecule has 1 saturated carbocycles. The molecule has 1 aliphatic carbocycles. The highest BCUT2D eigenvalue weighted by Gasteiger charge is 2.20. The Hall–Kier alpha value is -0.120. The van der Waals surface area contributed by atoms with E-state index in [1.165, 1.54) is 45.3 Å². The summed E-state index contributed by atoms with van der Waals surface area (Å²) in [5, 5.41) is 6.89. The van der Waals surface area contributed by atoms with Crippen molar-refractivity contribution in [1.29, 1.82) is 0 Å². The average molecular weight is 212 g/mol. The molecule has 3 heteroatoms. The van der Waals surface area contributed by atoms with Gasteiger partial charge < -0.3 is 15.4 Å². The van der Waals surface area contributed by atoms with Crippen LogP contribution >= 0.6 is 0 Å². The summed E-state index contributed by atoms with van der Waals surface area (Å²) in [4.78, 5) is 0. The fourth-order valence-corrected chi connectivity index (χ4v) is 2.07. The van der Waals surface area contributed by atoms with E-state index < -0.39 is 0 Å². The molecule has 0 aromatic rings. The predicted octanol–water partition coefficient (Wildman–Crippen LogP) is 1.00. The van der Waals surface area contributed by atoms with Crippen molar-refractivity contribution in [2.75, 3.05) is 39.4 Å². The second kappa shape index (κ2) is 6.46. The van der Waals surface area contributed by atoms with Crippen molar-refractivity contribution >= 4 is 0 Å². The molecule has 0 radical (unpaired) electrons. The maximum atomic E-state index is 5.57. The molecule has 3 nitrogen and oxygen atoms in total.